The SMILES string of the molecule is CC(C)C[C@@H](N)C(=O)NS(=O)c1ccccc1. The van der Waals surface area contributed by atoms with Gasteiger partial charge in [0.15, 0.2) is 11.0 Å². The molecule has 4 nitrogen and oxygen atoms in total. The quantitative estimate of drug-likeness (QED) is 0.829. The van der Waals surface area contributed by atoms with Crippen molar-refractivity contribution in [1.82, 2.24) is 4.72 Å². The summed E-state index contributed by atoms with van der Waals surface area (Å²) in [6, 6.07) is 8.16. The van der Waals surface area contributed by atoms with Gasteiger partial charge in [-0.15, -0.1) is 0 Å². The molecule has 17 heavy (non-hydrogen) atoms. The van der Waals surface area contributed by atoms with E-state index in [4.69, 9.17) is 5.73 Å². The van der Waals surface area contributed by atoms with Gasteiger partial charge >= 0.3 is 0 Å². The van der Waals surface area contributed by atoms with Crippen LogP contribution in [0.4, 0.5) is 0 Å². The second-order valence-corrected chi connectivity index (χ2v) is 5.50. The molecule has 1 amide bonds. The summed E-state index contributed by atoms with van der Waals surface area (Å²) < 4.78 is 14.2. The molecule has 1 aromatic rings. The molecule has 0 spiro atoms. The molecule has 0 saturated carbocycles. The highest BCUT2D eigenvalue weighted by atomic mass is 32.2. The fraction of sp³-hybridized carbons (Fsp3) is 0.417. The lowest BCUT2D eigenvalue weighted by atomic mass is 10.0. The monoisotopic (exact) mass is 254 g/mol. The van der Waals surface area contributed by atoms with Crippen LogP contribution in [0.3, 0.4) is 0 Å². The van der Waals surface area contributed by atoms with Gasteiger partial charge in [-0.25, -0.2) is 4.21 Å². The molecular formula is C12H18N2O2S. The number of hydrogen-bond acceptors (Lipinski definition) is 3. The van der Waals surface area contributed by atoms with Crippen LogP contribution in [0, 0.1) is 5.92 Å². The van der Waals surface area contributed by atoms with Gasteiger partial charge in [0.2, 0.25) is 5.91 Å². The minimum Gasteiger partial charge on any atom is -0.320 e. The van der Waals surface area contributed by atoms with Crippen molar-refractivity contribution in [3.63, 3.8) is 0 Å². The lowest BCUT2D eigenvalue weighted by Crippen LogP contribution is -2.42. The Morgan fingerprint density at radius 2 is 1.94 bits per heavy atom. The molecule has 0 aliphatic rings. The summed E-state index contributed by atoms with van der Waals surface area (Å²) in [6.07, 6.45) is 0.581. The van der Waals surface area contributed by atoms with E-state index in [-0.39, 0.29) is 5.91 Å². The van der Waals surface area contributed by atoms with E-state index in [2.05, 4.69) is 4.72 Å². The summed E-state index contributed by atoms with van der Waals surface area (Å²) in [6.45, 7) is 3.97. The molecular weight excluding hydrogens is 236 g/mol. The highest BCUT2D eigenvalue weighted by molar-refractivity contribution is 7.83. The van der Waals surface area contributed by atoms with Crippen LogP contribution in [-0.4, -0.2) is 16.2 Å². The van der Waals surface area contributed by atoms with E-state index >= 15 is 0 Å². The molecule has 1 rings (SSSR count). The molecule has 2 atom stereocenters. The van der Waals surface area contributed by atoms with E-state index in [1.807, 2.05) is 19.9 Å². The van der Waals surface area contributed by atoms with Gasteiger partial charge in [0.1, 0.15) is 0 Å². The molecule has 0 radical (unpaired) electrons. The van der Waals surface area contributed by atoms with Crippen molar-refractivity contribution >= 4 is 16.9 Å². The van der Waals surface area contributed by atoms with Crippen LogP contribution in [0.25, 0.3) is 0 Å². The van der Waals surface area contributed by atoms with Gasteiger partial charge in [-0.05, 0) is 24.5 Å². The topological polar surface area (TPSA) is 72.2 Å². The standard InChI is InChI=1S/C12H18N2O2S/c1-9(2)8-11(13)12(15)14-17(16)10-6-4-3-5-7-10/h3-7,9,11H,8,13H2,1-2H3,(H,14,15)/t11-,17?/m1/s1. The van der Waals surface area contributed by atoms with Crippen LogP contribution in [-0.2, 0) is 15.8 Å². The van der Waals surface area contributed by atoms with Crippen molar-refractivity contribution in [2.24, 2.45) is 11.7 Å². The Labute approximate surface area is 104 Å². The predicted molar refractivity (Wildman–Crippen MR) is 68.4 cm³/mol. The zero-order valence-corrected chi connectivity index (χ0v) is 10.9. The Morgan fingerprint density at radius 1 is 1.35 bits per heavy atom. The third kappa shape index (κ3) is 4.66. The highest BCUT2D eigenvalue weighted by Gasteiger charge is 2.17. The van der Waals surface area contributed by atoms with Crippen LogP contribution in [0.15, 0.2) is 35.2 Å². The molecule has 1 aromatic carbocycles. The minimum atomic E-state index is -1.53. The molecule has 0 bridgehead atoms. The molecule has 5 heteroatoms. The molecule has 94 valence electrons. The summed E-state index contributed by atoms with van der Waals surface area (Å²) in [5, 5.41) is 0. The van der Waals surface area contributed by atoms with E-state index in [1.165, 1.54) is 0 Å². The van der Waals surface area contributed by atoms with Crippen molar-refractivity contribution in [3.05, 3.63) is 30.3 Å². The predicted octanol–water partition coefficient (Wildman–Crippen LogP) is 1.20. The van der Waals surface area contributed by atoms with E-state index in [0.717, 1.165) is 0 Å². The van der Waals surface area contributed by atoms with Crippen molar-refractivity contribution in [2.45, 2.75) is 31.2 Å². The van der Waals surface area contributed by atoms with E-state index in [9.17, 15) is 9.00 Å². The summed E-state index contributed by atoms with van der Waals surface area (Å²) in [5.74, 6) is -0.0400. The highest BCUT2D eigenvalue weighted by Crippen LogP contribution is 2.05. The molecule has 0 saturated heterocycles. The lowest BCUT2D eigenvalue weighted by molar-refractivity contribution is -0.120. The minimum absolute atomic E-state index is 0.334. The number of nitrogens with one attached hydrogen (secondary N) is 1. The average Bonchev–Trinajstić information content (AvgIpc) is 2.29. The fourth-order valence-electron chi connectivity index (χ4n) is 1.38. The van der Waals surface area contributed by atoms with E-state index in [0.29, 0.717) is 17.2 Å². The van der Waals surface area contributed by atoms with Gasteiger partial charge < -0.3 is 5.73 Å². The number of carbonyl (C=O) groups excluding carboxylic acids is 1. The summed E-state index contributed by atoms with van der Waals surface area (Å²) in [7, 11) is -1.53. The number of benzene rings is 1. The molecule has 0 heterocycles. The van der Waals surface area contributed by atoms with Gasteiger partial charge in [0, 0.05) is 0 Å². The van der Waals surface area contributed by atoms with Crippen LogP contribution >= 0.6 is 0 Å². The molecule has 0 aliphatic carbocycles. The van der Waals surface area contributed by atoms with Crippen molar-refractivity contribution in [1.29, 1.82) is 0 Å². The van der Waals surface area contributed by atoms with E-state index in [1.54, 1.807) is 24.3 Å². The molecule has 0 aliphatic heterocycles. The number of amides is 1. The van der Waals surface area contributed by atoms with Gasteiger partial charge in [0.25, 0.3) is 0 Å². The largest absolute Gasteiger partial charge is 0.320 e. The van der Waals surface area contributed by atoms with Crippen LogP contribution in [0.5, 0.6) is 0 Å². The maximum atomic E-state index is 11.8. The first-order valence-electron chi connectivity index (χ1n) is 5.53. The number of carbonyl (C=O) groups is 1. The Hall–Kier alpha value is -1.20. The van der Waals surface area contributed by atoms with Gasteiger partial charge in [-0.2, -0.15) is 0 Å². The van der Waals surface area contributed by atoms with E-state index < -0.39 is 17.0 Å². The fourth-order valence-corrected chi connectivity index (χ4v) is 2.24. The van der Waals surface area contributed by atoms with Crippen LogP contribution < -0.4 is 10.5 Å². The zero-order chi connectivity index (χ0) is 12.8. The second-order valence-electron chi connectivity index (χ2n) is 4.28. The molecule has 3 N–H and O–H groups in total. The molecule has 0 fully saturated rings. The number of hydrogen-bond donors (Lipinski definition) is 2. The van der Waals surface area contributed by atoms with Gasteiger partial charge in [-0.3, -0.25) is 9.52 Å². The molecule has 1 unspecified atom stereocenters. The first-order valence-corrected chi connectivity index (χ1v) is 6.68. The Bertz CT molecular complexity index is 393. The van der Waals surface area contributed by atoms with Crippen LogP contribution in [0.1, 0.15) is 20.3 Å². The van der Waals surface area contributed by atoms with Gasteiger partial charge in [0.05, 0.1) is 10.9 Å². The van der Waals surface area contributed by atoms with Crippen LogP contribution in [0.2, 0.25) is 0 Å². The summed E-state index contributed by atoms with van der Waals surface area (Å²) in [4.78, 5) is 12.2. The normalized spacial score (nSPS) is 14.4. The molecule has 0 aromatic heterocycles. The Kier molecular flexibility index (Phi) is 5.31. The second kappa shape index (κ2) is 6.51. The Morgan fingerprint density at radius 3 is 2.47 bits per heavy atom. The number of nitrogens with two attached hydrogens (primary N) is 1. The van der Waals surface area contributed by atoms with Crippen molar-refractivity contribution in [3.8, 4) is 0 Å². The maximum Gasteiger partial charge on any atom is 0.248 e. The third-order valence-electron chi connectivity index (χ3n) is 2.21. The summed E-state index contributed by atoms with van der Waals surface area (Å²) >= 11 is 0. The average molecular weight is 254 g/mol. The smallest absolute Gasteiger partial charge is 0.248 e. The first-order chi connectivity index (χ1) is 8.00. The van der Waals surface area contributed by atoms with Crippen molar-refractivity contribution < 1.29 is 9.00 Å². The van der Waals surface area contributed by atoms with Gasteiger partial charge in [-0.1, -0.05) is 32.0 Å². The maximum absolute atomic E-state index is 11.8. The Balaban J connectivity index is 2.55. The first kappa shape index (κ1) is 13.9. The lowest BCUT2D eigenvalue weighted by Gasteiger charge is -2.13. The third-order valence-corrected chi connectivity index (χ3v) is 3.30. The zero-order valence-electron chi connectivity index (χ0n) is 10.1. The summed E-state index contributed by atoms with van der Waals surface area (Å²) in [5.41, 5.74) is 5.70. The number of rotatable bonds is 5. The van der Waals surface area contributed by atoms with Crippen molar-refractivity contribution in [2.75, 3.05) is 0 Å².